The van der Waals surface area contributed by atoms with E-state index in [2.05, 4.69) is 38.4 Å². The lowest BCUT2D eigenvalue weighted by molar-refractivity contribution is -0.120. The topological polar surface area (TPSA) is 42.0 Å². The van der Waals surface area contributed by atoms with Gasteiger partial charge < -0.3 is 5.32 Å². The van der Waals surface area contributed by atoms with Gasteiger partial charge in [0.2, 0.25) is 5.91 Å². The molecule has 1 atom stereocenters. The molecule has 2 rings (SSSR count). The molecule has 0 aromatic carbocycles. The van der Waals surface area contributed by atoms with Crippen LogP contribution >= 0.6 is 15.9 Å². The number of nitrogens with zero attached hydrogens (tertiary/aromatic N) is 1. The Balaban J connectivity index is 2.02. The molecule has 0 fully saturated rings. The van der Waals surface area contributed by atoms with E-state index in [4.69, 9.17) is 0 Å². The molecule has 0 aliphatic heterocycles. The van der Waals surface area contributed by atoms with Crippen molar-refractivity contribution in [1.29, 1.82) is 0 Å². The fourth-order valence-corrected chi connectivity index (χ4v) is 2.08. The summed E-state index contributed by atoms with van der Waals surface area (Å²) in [6, 6.07) is 1.88. The minimum atomic E-state index is 0.0728. The number of hydrogen-bond acceptors (Lipinski definition) is 2. The normalized spacial score (nSPS) is 19.1. The molecule has 90 valence electrons. The second-order valence-electron chi connectivity index (χ2n) is 4.29. The van der Waals surface area contributed by atoms with Crippen LogP contribution in [0.3, 0.4) is 0 Å². The SMILES string of the molecule is Cc1cc(NC(=O)C2CC=CCC2)ncc1Br. The van der Waals surface area contributed by atoms with Crippen LogP contribution in [0.1, 0.15) is 24.8 Å². The molecule has 1 aromatic heterocycles. The van der Waals surface area contributed by atoms with Crippen LogP contribution in [0.4, 0.5) is 5.82 Å². The summed E-state index contributed by atoms with van der Waals surface area (Å²) >= 11 is 3.39. The fourth-order valence-electron chi connectivity index (χ4n) is 1.87. The third-order valence-corrected chi connectivity index (χ3v) is 3.77. The third-order valence-electron chi connectivity index (χ3n) is 2.94. The molecule has 1 aliphatic rings. The molecule has 3 nitrogen and oxygen atoms in total. The highest BCUT2D eigenvalue weighted by Crippen LogP contribution is 2.21. The van der Waals surface area contributed by atoms with Crippen LogP contribution in [0, 0.1) is 12.8 Å². The van der Waals surface area contributed by atoms with Gasteiger partial charge in [-0.2, -0.15) is 0 Å². The van der Waals surface area contributed by atoms with Gasteiger partial charge in [-0.15, -0.1) is 0 Å². The molecule has 1 N–H and O–H groups in total. The zero-order valence-corrected chi connectivity index (χ0v) is 11.3. The Morgan fingerprint density at radius 3 is 3.00 bits per heavy atom. The molecule has 1 amide bonds. The summed E-state index contributed by atoms with van der Waals surface area (Å²) in [5, 5.41) is 2.87. The number of nitrogens with one attached hydrogen (secondary N) is 1. The summed E-state index contributed by atoms with van der Waals surface area (Å²) in [7, 11) is 0. The number of rotatable bonds is 2. The molecule has 1 unspecified atom stereocenters. The number of anilines is 1. The first kappa shape index (κ1) is 12.3. The fraction of sp³-hybridized carbons (Fsp3) is 0.385. The first-order valence-corrected chi connectivity index (χ1v) is 6.54. The van der Waals surface area contributed by atoms with Crippen LogP contribution < -0.4 is 5.32 Å². The number of aryl methyl sites for hydroxylation is 1. The Labute approximate surface area is 109 Å². The lowest BCUT2D eigenvalue weighted by Gasteiger charge is -2.17. The number of aromatic nitrogens is 1. The number of allylic oxidation sites excluding steroid dienone is 2. The lowest BCUT2D eigenvalue weighted by Crippen LogP contribution is -2.24. The second kappa shape index (κ2) is 5.45. The average Bonchev–Trinajstić information content (AvgIpc) is 2.35. The zero-order chi connectivity index (χ0) is 12.3. The maximum atomic E-state index is 12.0. The van der Waals surface area contributed by atoms with E-state index in [0.29, 0.717) is 5.82 Å². The Morgan fingerprint density at radius 1 is 1.53 bits per heavy atom. The van der Waals surface area contributed by atoms with Crippen molar-refractivity contribution in [2.24, 2.45) is 5.92 Å². The molecule has 0 saturated carbocycles. The lowest BCUT2D eigenvalue weighted by atomic mass is 9.94. The summed E-state index contributed by atoms with van der Waals surface area (Å²) in [6.45, 7) is 1.98. The van der Waals surface area contributed by atoms with Crippen LogP contribution in [-0.2, 0) is 4.79 Å². The zero-order valence-electron chi connectivity index (χ0n) is 9.74. The van der Waals surface area contributed by atoms with Gasteiger partial charge in [0.15, 0.2) is 0 Å². The number of carbonyl (C=O) groups excluding carboxylic acids is 1. The molecule has 1 aromatic rings. The largest absolute Gasteiger partial charge is 0.310 e. The van der Waals surface area contributed by atoms with Gasteiger partial charge >= 0.3 is 0 Å². The quantitative estimate of drug-likeness (QED) is 0.849. The molecule has 0 bridgehead atoms. The van der Waals surface area contributed by atoms with Crippen molar-refractivity contribution >= 4 is 27.7 Å². The van der Waals surface area contributed by atoms with Crippen molar-refractivity contribution in [1.82, 2.24) is 4.98 Å². The number of amides is 1. The van der Waals surface area contributed by atoms with E-state index >= 15 is 0 Å². The van der Waals surface area contributed by atoms with Crippen LogP contribution in [0.15, 0.2) is 28.9 Å². The number of halogens is 1. The van der Waals surface area contributed by atoms with E-state index in [1.54, 1.807) is 6.20 Å². The second-order valence-corrected chi connectivity index (χ2v) is 5.14. The minimum Gasteiger partial charge on any atom is -0.310 e. The van der Waals surface area contributed by atoms with E-state index in [9.17, 15) is 4.79 Å². The van der Waals surface area contributed by atoms with Crippen molar-refractivity contribution in [3.63, 3.8) is 0 Å². The molecule has 1 aliphatic carbocycles. The predicted molar refractivity (Wildman–Crippen MR) is 71.8 cm³/mol. The highest BCUT2D eigenvalue weighted by atomic mass is 79.9. The number of hydrogen-bond donors (Lipinski definition) is 1. The van der Waals surface area contributed by atoms with E-state index in [-0.39, 0.29) is 11.8 Å². The molecule has 0 saturated heterocycles. The summed E-state index contributed by atoms with van der Waals surface area (Å²) in [6.07, 6.45) is 8.68. The average molecular weight is 295 g/mol. The molecular weight excluding hydrogens is 280 g/mol. The monoisotopic (exact) mass is 294 g/mol. The van der Waals surface area contributed by atoms with Gasteiger partial charge in [0.25, 0.3) is 0 Å². The Kier molecular flexibility index (Phi) is 3.94. The minimum absolute atomic E-state index is 0.0728. The van der Waals surface area contributed by atoms with Gasteiger partial charge in [-0.1, -0.05) is 12.2 Å². The third kappa shape index (κ3) is 3.16. The van der Waals surface area contributed by atoms with E-state index in [1.165, 1.54) is 0 Å². The van der Waals surface area contributed by atoms with Gasteiger partial charge in [-0.05, 0) is 53.7 Å². The maximum Gasteiger partial charge on any atom is 0.228 e. The van der Waals surface area contributed by atoms with E-state index in [0.717, 1.165) is 29.3 Å². The van der Waals surface area contributed by atoms with Crippen molar-refractivity contribution in [2.75, 3.05) is 5.32 Å². The van der Waals surface area contributed by atoms with Crippen molar-refractivity contribution in [3.8, 4) is 0 Å². The van der Waals surface area contributed by atoms with Crippen molar-refractivity contribution in [3.05, 3.63) is 34.5 Å². The Hall–Kier alpha value is -1.16. The van der Waals surface area contributed by atoms with Crippen molar-refractivity contribution in [2.45, 2.75) is 26.2 Å². The van der Waals surface area contributed by atoms with Gasteiger partial charge in [0.1, 0.15) is 5.82 Å². The van der Waals surface area contributed by atoms with Crippen LogP contribution in [0.5, 0.6) is 0 Å². The summed E-state index contributed by atoms with van der Waals surface area (Å²) in [4.78, 5) is 16.1. The van der Waals surface area contributed by atoms with Crippen molar-refractivity contribution < 1.29 is 4.79 Å². The van der Waals surface area contributed by atoms with Gasteiger partial charge in [0.05, 0.1) is 0 Å². The first-order valence-electron chi connectivity index (χ1n) is 5.75. The van der Waals surface area contributed by atoms with Gasteiger partial charge in [-0.3, -0.25) is 4.79 Å². The summed E-state index contributed by atoms with van der Waals surface area (Å²) in [5.74, 6) is 0.791. The number of pyridine rings is 1. The van der Waals surface area contributed by atoms with Gasteiger partial charge in [-0.25, -0.2) is 4.98 Å². The van der Waals surface area contributed by atoms with Gasteiger partial charge in [0, 0.05) is 16.6 Å². The number of carbonyl (C=O) groups is 1. The van der Waals surface area contributed by atoms with Crippen LogP contribution in [0.2, 0.25) is 0 Å². The first-order chi connectivity index (χ1) is 8.16. The molecule has 0 spiro atoms. The molecule has 0 radical (unpaired) electrons. The molecule has 17 heavy (non-hydrogen) atoms. The maximum absolute atomic E-state index is 12.0. The Bertz CT molecular complexity index is 457. The molecular formula is C13H15BrN2O. The smallest absolute Gasteiger partial charge is 0.228 e. The summed E-state index contributed by atoms with van der Waals surface area (Å²) in [5.41, 5.74) is 1.07. The molecule has 4 heteroatoms. The summed E-state index contributed by atoms with van der Waals surface area (Å²) < 4.78 is 0.955. The highest BCUT2D eigenvalue weighted by Gasteiger charge is 2.19. The van der Waals surface area contributed by atoms with E-state index in [1.807, 2.05) is 13.0 Å². The van der Waals surface area contributed by atoms with Crippen LogP contribution in [0.25, 0.3) is 0 Å². The van der Waals surface area contributed by atoms with E-state index < -0.39 is 0 Å². The Morgan fingerprint density at radius 2 is 2.35 bits per heavy atom. The highest BCUT2D eigenvalue weighted by molar-refractivity contribution is 9.10. The predicted octanol–water partition coefficient (Wildman–Crippen LogP) is 3.45. The standard InChI is InChI=1S/C13H15BrN2O/c1-9-7-12(15-8-11(9)14)16-13(17)10-5-3-2-4-6-10/h2-3,7-8,10H,4-6H2,1H3,(H,15,16,17). The van der Waals surface area contributed by atoms with Crippen LogP contribution in [-0.4, -0.2) is 10.9 Å². The molecule has 1 heterocycles.